The summed E-state index contributed by atoms with van der Waals surface area (Å²) in [6, 6.07) is 16.0. The topological polar surface area (TPSA) is 133 Å². The molecule has 2 aliphatic heterocycles. The van der Waals surface area contributed by atoms with Crippen molar-refractivity contribution < 1.29 is 33.6 Å². The lowest BCUT2D eigenvalue weighted by molar-refractivity contribution is -0.384. The molecule has 190 valence electrons. The number of nitro benzene ring substituents is 1. The number of carbonyl (C=O) groups is 4. The number of nitrogens with zero attached hydrogens (tertiary/aromatic N) is 2. The monoisotopic (exact) mass is 532 g/mol. The Labute approximate surface area is 219 Å². The Kier molecular flexibility index (Phi) is 5.23. The van der Waals surface area contributed by atoms with E-state index in [1.54, 1.807) is 36.4 Å². The summed E-state index contributed by atoms with van der Waals surface area (Å²) in [5.41, 5.74) is -1.91. The zero-order valence-electron chi connectivity index (χ0n) is 19.6. The summed E-state index contributed by atoms with van der Waals surface area (Å²) in [5, 5.41) is 11.7. The quantitative estimate of drug-likeness (QED) is 0.213. The zero-order valence-corrected chi connectivity index (χ0v) is 20.4. The summed E-state index contributed by atoms with van der Waals surface area (Å²) in [6.07, 6.45) is -1.12. The summed E-state index contributed by atoms with van der Waals surface area (Å²) in [6.45, 7) is 0. The molecule has 0 unspecified atom stereocenters. The Morgan fingerprint density at radius 1 is 0.947 bits per heavy atom. The number of nitro groups is 1. The summed E-state index contributed by atoms with van der Waals surface area (Å²) in [7, 11) is 1.25. The third kappa shape index (κ3) is 3.04. The molecule has 2 saturated heterocycles. The number of fused-ring (bicyclic) bond motifs is 3. The molecular weight excluding hydrogens is 516 g/mol. The van der Waals surface area contributed by atoms with Gasteiger partial charge in [0, 0.05) is 22.2 Å². The van der Waals surface area contributed by atoms with Crippen LogP contribution in [-0.2, 0) is 14.3 Å². The summed E-state index contributed by atoms with van der Waals surface area (Å²) >= 11 is 6.04. The van der Waals surface area contributed by atoms with Gasteiger partial charge in [0.2, 0.25) is 29.0 Å². The fourth-order valence-electron chi connectivity index (χ4n) is 5.67. The van der Waals surface area contributed by atoms with Crippen LogP contribution in [0.5, 0.6) is 5.75 Å². The maximum Gasteiger partial charge on any atom is 0.273 e. The number of hydrogen-bond acceptors (Lipinski definition) is 8. The number of Topliss-reactive ketones (excluding diaryl/α,β-unsaturated/α-hetero) is 2. The van der Waals surface area contributed by atoms with Crippen LogP contribution in [0.4, 0.5) is 11.4 Å². The molecule has 3 aromatic carbocycles. The summed E-state index contributed by atoms with van der Waals surface area (Å²) in [5.74, 6) is -5.73. The SMILES string of the molecule is COc1cc([N+](=O)[O-])ccc1N1C(=O)[C@@H]2[C@@H](c3ccc(Cl)cc3)OC3(C(=O)c4ccccc4C3=O)[C@@H]2C1=O. The van der Waals surface area contributed by atoms with Gasteiger partial charge in [-0.1, -0.05) is 48.0 Å². The van der Waals surface area contributed by atoms with E-state index in [0.29, 0.717) is 10.6 Å². The molecule has 2 amide bonds. The van der Waals surface area contributed by atoms with E-state index >= 15 is 0 Å². The Morgan fingerprint density at radius 2 is 1.58 bits per heavy atom. The Bertz CT molecular complexity index is 1550. The minimum atomic E-state index is -2.24. The Morgan fingerprint density at radius 3 is 2.16 bits per heavy atom. The zero-order chi connectivity index (χ0) is 26.9. The van der Waals surface area contributed by atoms with Crippen molar-refractivity contribution >= 4 is 46.4 Å². The van der Waals surface area contributed by atoms with E-state index in [-0.39, 0.29) is 28.3 Å². The highest BCUT2D eigenvalue weighted by Gasteiger charge is 2.74. The minimum absolute atomic E-state index is 0.0390. The van der Waals surface area contributed by atoms with Gasteiger partial charge in [-0.3, -0.25) is 29.3 Å². The first kappa shape index (κ1) is 24.0. The molecule has 10 nitrogen and oxygen atoms in total. The van der Waals surface area contributed by atoms with E-state index in [2.05, 4.69) is 0 Å². The molecule has 0 radical (unpaired) electrons. The number of anilines is 1. The van der Waals surface area contributed by atoms with Gasteiger partial charge in [0.05, 0.1) is 41.7 Å². The molecule has 1 aliphatic carbocycles. The van der Waals surface area contributed by atoms with Crippen LogP contribution in [0.2, 0.25) is 5.02 Å². The molecule has 0 saturated carbocycles. The molecule has 0 aromatic heterocycles. The predicted molar refractivity (Wildman–Crippen MR) is 132 cm³/mol. The fourth-order valence-corrected chi connectivity index (χ4v) is 5.80. The van der Waals surface area contributed by atoms with Crippen molar-refractivity contribution in [3.8, 4) is 5.75 Å². The van der Waals surface area contributed by atoms with Gasteiger partial charge >= 0.3 is 0 Å². The molecule has 11 heteroatoms. The number of halogens is 1. The second-order valence-corrected chi connectivity index (χ2v) is 9.59. The maximum atomic E-state index is 14.0. The Balaban J connectivity index is 1.54. The number of benzene rings is 3. The molecule has 2 fully saturated rings. The second-order valence-electron chi connectivity index (χ2n) is 9.16. The number of methoxy groups -OCH3 is 1. The van der Waals surface area contributed by atoms with E-state index in [9.17, 15) is 29.3 Å². The van der Waals surface area contributed by atoms with E-state index in [1.165, 1.54) is 25.3 Å². The summed E-state index contributed by atoms with van der Waals surface area (Å²) < 4.78 is 11.5. The van der Waals surface area contributed by atoms with E-state index in [1.807, 2.05) is 0 Å². The van der Waals surface area contributed by atoms with Crippen LogP contribution in [0.3, 0.4) is 0 Å². The highest BCUT2D eigenvalue weighted by Crippen LogP contribution is 2.58. The van der Waals surface area contributed by atoms with Crippen molar-refractivity contribution in [1.82, 2.24) is 0 Å². The first-order valence-corrected chi connectivity index (χ1v) is 11.9. The van der Waals surface area contributed by atoms with Crippen LogP contribution >= 0.6 is 11.6 Å². The molecule has 0 bridgehead atoms. The van der Waals surface area contributed by atoms with E-state index in [0.717, 1.165) is 17.0 Å². The van der Waals surface area contributed by atoms with E-state index < -0.39 is 51.8 Å². The van der Waals surface area contributed by atoms with Gasteiger partial charge in [-0.25, -0.2) is 4.90 Å². The molecule has 1 spiro atoms. The second kappa shape index (κ2) is 8.30. The third-order valence-electron chi connectivity index (χ3n) is 7.33. The fraction of sp³-hybridized carbons (Fsp3) is 0.185. The molecular formula is C27H17ClN2O8. The van der Waals surface area contributed by atoms with Gasteiger partial charge in [-0.15, -0.1) is 0 Å². The predicted octanol–water partition coefficient (Wildman–Crippen LogP) is 3.95. The number of amides is 2. The standard InChI is InChI=1S/C27H17ClN2O8/c1-37-19-12-15(30(35)36)10-11-18(19)29-25(33)20-21(26(29)34)27(38-22(20)13-6-8-14(28)9-7-13)23(31)16-4-2-3-5-17(16)24(27)32/h2-12,20-22H,1H3/t20-,21-,22+/m0/s1. The number of ether oxygens (including phenoxy) is 2. The number of carbonyl (C=O) groups excluding carboxylic acids is 4. The van der Waals surface area contributed by atoms with Gasteiger partial charge in [-0.05, 0) is 23.8 Å². The first-order valence-electron chi connectivity index (χ1n) is 11.5. The lowest BCUT2D eigenvalue weighted by Gasteiger charge is -2.27. The van der Waals surface area contributed by atoms with Crippen LogP contribution < -0.4 is 9.64 Å². The minimum Gasteiger partial charge on any atom is -0.494 e. The lowest BCUT2D eigenvalue weighted by atomic mass is 9.77. The van der Waals surface area contributed by atoms with Crippen LogP contribution in [0.25, 0.3) is 0 Å². The highest BCUT2D eigenvalue weighted by molar-refractivity contribution is 6.37. The van der Waals surface area contributed by atoms with Gasteiger partial charge in [0.15, 0.2) is 0 Å². The van der Waals surface area contributed by atoms with Crippen molar-refractivity contribution in [3.05, 3.63) is 98.6 Å². The molecule has 3 atom stereocenters. The Hall–Kier alpha value is -4.41. The molecule has 6 rings (SSSR count). The van der Waals surface area contributed by atoms with E-state index in [4.69, 9.17) is 21.1 Å². The first-order chi connectivity index (χ1) is 18.2. The highest BCUT2D eigenvalue weighted by atomic mass is 35.5. The van der Waals surface area contributed by atoms with Gasteiger partial charge in [-0.2, -0.15) is 0 Å². The summed E-state index contributed by atoms with van der Waals surface area (Å²) in [4.78, 5) is 67.0. The van der Waals surface area contributed by atoms with Gasteiger partial charge in [0.25, 0.3) is 5.69 Å². The van der Waals surface area contributed by atoms with Crippen molar-refractivity contribution in [2.45, 2.75) is 11.7 Å². The third-order valence-corrected chi connectivity index (χ3v) is 7.58. The number of ketones is 2. The normalized spacial score (nSPS) is 23.2. The van der Waals surface area contributed by atoms with Crippen LogP contribution in [-0.4, -0.2) is 41.0 Å². The maximum absolute atomic E-state index is 14.0. The number of rotatable bonds is 4. The van der Waals surface area contributed by atoms with Crippen molar-refractivity contribution in [1.29, 1.82) is 0 Å². The van der Waals surface area contributed by atoms with Crippen molar-refractivity contribution in [3.63, 3.8) is 0 Å². The number of imide groups is 1. The average molecular weight is 533 g/mol. The molecule has 3 aromatic rings. The van der Waals surface area contributed by atoms with Gasteiger partial charge in [0.1, 0.15) is 5.75 Å². The lowest BCUT2D eigenvalue weighted by Crippen LogP contribution is -2.51. The van der Waals surface area contributed by atoms with Gasteiger partial charge < -0.3 is 9.47 Å². The molecule has 2 heterocycles. The molecule has 3 aliphatic rings. The smallest absolute Gasteiger partial charge is 0.273 e. The average Bonchev–Trinajstić information content (AvgIpc) is 3.48. The number of hydrogen-bond donors (Lipinski definition) is 0. The molecule has 0 N–H and O–H groups in total. The number of non-ortho nitro benzene ring substituents is 1. The van der Waals surface area contributed by atoms with Crippen molar-refractivity contribution in [2.75, 3.05) is 12.0 Å². The largest absolute Gasteiger partial charge is 0.494 e. The van der Waals surface area contributed by atoms with Crippen molar-refractivity contribution in [2.24, 2.45) is 11.8 Å². The van der Waals surface area contributed by atoms with Crippen LogP contribution in [0.1, 0.15) is 32.4 Å². The van der Waals surface area contributed by atoms with Crippen LogP contribution in [0, 0.1) is 22.0 Å². The van der Waals surface area contributed by atoms with Crippen LogP contribution in [0.15, 0.2) is 66.7 Å². The molecule has 38 heavy (non-hydrogen) atoms.